The van der Waals surface area contributed by atoms with E-state index in [9.17, 15) is 9.59 Å². The first-order valence-electron chi connectivity index (χ1n) is 10.6. The van der Waals surface area contributed by atoms with Gasteiger partial charge in [0.1, 0.15) is 16.2 Å². The quantitative estimate of drug-likeness (QED) is 0.358. The zero-order valence-corrected chi connectivity index (χ0v) is 18.5. The Bertz CT molecular complexity index is 1410. The van der Waals surface area contributed by atoms with Crippen molar-refractivity contribution in [2.75, 3.05) is 0 Å². The van der Waals surface area contributed by atoms with Crippen LogP contribution < -0.4 is 11.2 Å². The fourth-order valence-electron chi connectivity index (χ4n) is 4.48. The monoisotopic (exact) mass is 432 g/mol. The third kappa shape index (κ3) is 3.47. The molecule has 1 aliphatic rings. The van der Waals surface area contributed by atoms with Crippen molar-refractivity contribution in [1.29, 1.82) is 0 Å². The van der Waals surface area contributed by atoms with Gasteiger partial charge in [0, 0.05) is 25.8 Å². The van der Waals surface area contributed by atoms with Gasteiger partial charge in [-0.2, -0.15) is 0 Å². The highest BCUT2D eigenvalue weighted by Crippen LogP contribution is 2.35. The highest BCUT2D eigenvalue weighted by Gasteiger charge is 2.24. The Kier molecular flexibility index (Phi) is 5.14. The minimum Gasteiger partial charge on any atom is -0.280 e. The van der Waals surface area contributed by atoms with Crippen LogP contribution in [-0.2, 0) is 19.8 Å². The Balaban J connectivity index is 1.65. The molecule has 1 saturated carbocycles. The van der Waals surface area contributed by atoms with Crippen molar-refractivity contribution in [1.82, 2.24) is 19.1 Å². The SMILES string of the molecule is Cn1c(=O)c2c(SCc3cccc4ccccc34)nc(C3CCCC3)nc2n(C)c1=O. The van der Waals surface area contributed by atoms with Crippen LogP contribution in [0.15, 0.2) is 57.1 Å². The summed E-state index contributed by atoms with van der Waals surface area (Å²) in [6.07, 6.45) is 4.44. The van der Waals surface area contributed by atoms with Gasteiger partial charge in [-0.3, -0.25) is 13.9 Å². The molecule has 6 nitrogen and oxygen atoms in total. The third-order valence-electron chi connectivity index (χ3n) is 6.25. The van der Waals surface area contributed by atoms with Crippen LogP contribution in [0.25, 0.3) is 21.8 Å². The summed E-state index contributed by atoms with van der Waals surface area (Å²) in [5, 5.41) is 3.48. The van der Waals surface area contributed by atoms with Gasteiger partial charge < -0.3 is 0 Å². The lowest BCUT2D eigenvalue weighted by atomic mass is 10.1. The second-order valence-corrected chi connectivity index (χ2v) is 9.16. The van der Waals surface area contributed by atoms with E-state index in [1.165, 1.54) is 40.8 Å². The van der Waals surface area contributed by atoms with E-state index in [0.717, 1.165) is 23.2 Å². The predicted molar refractivity (Wildman–Crippen MR) is 125 cm³/mol. The van der Waals surface area contributed by atoms with Crippen molar-refractivity contribution in [3.8, 4) is 0 Å². The number of benzene rings is 2. The van der Waals surface area contributed by atoms with Crippen LogP contribution in [0.4, 0.5) is 0 Å². The highest BCUT2D eigenvalue weighted by atomic mass is 32.2. The second-order valence-electron chi connectivity index (χ2n) is 8.20. The van der Waals surface area contributed by atoms with Gasteiger partial charge in [0.2, 0.25) is 0 Å². The molecule has 158 valence electrons. The van der Waals surface area contributed by atoms with E-state index in [-0.39, 0.29) is 11.2 Å². The summed E-state index contributed by atoms with van der Waals surface area (Å²) in [5.41, 5.74) is 0.930. The summed E-state index contributed by atoms with van der Waals surface area (Å²) < 4.78 is 2.61. The Labute approximate surface area is 184 Å². The first-order chi connectivity index (χ1) is 15.0. The van der Waals surface area contributed by atoms with E-state index in [1.807, 2.05) is 12.1 Å². The van der Waals surface area contributed by atoms with Crippen molar-refractivity contribution < 1.29 is 0 Å². The maximum Gasteiger partial charge on any atom is 0.332 e. The van der Waals surface area contributed by atoms with Crippen LogP contribution in [0.2, 0.25) is 0 Å². The molecule has 4 aromatic rings. The molecule has 0 amide bonds. The summed E-state index contributed by atoms with van der Waals surface area (Å²) in [6, 6.07) is 14.6. The largest absolute Gasteiger partial charge is 0.332 e. The van der Waals surface area contributed by atoms with Gasteiger partial charge in [0.05, 0.1) is 0 Å². The second kappa shape index (κ2) is 7.96. The molecule has 2 aromatic heterocycles. The minimum atomic E-state index is -0.362. The van der Waals surface area contributed by atoms with Crippen molar-refractivity contribution in [2.45, 2.75) is 42.4 Å². The average molecular weight is 433 g/mol. The Hall–Kier alpha value is -2.93. The normalized spacial score (nSPS) is 14.6. The molecule has 5 rings (SSSR count). The Morgan fingerprint density at radius 1 is 0.968 bits per heavy atom. The first-order valence-corrected chi connectivity index (χ1v) is 11.6. The van der Waals surface area contributed by atoms with Gasteiger partial charge in [0.15, 0.2) is 5.65 Å². The smallest absolute Gasteiger partial charge is 0.280 e. The van der Waals surface area contributed by atoms with Gasteiger partial charge in [-0.15, -0.1) is 11.8 Å². The molecule has 1 fully saturated rings. The lowest BCUT2D eigenvalue weighted by Crippen LogP contribution is -2.38. The molecule has 0 aliphatic heterocycles. The van der Waals surface area contributed by atoms with E-state index in [1.54, 1.807) is 18.8 Å². The molecule has 2 heterocycles. The minimum absolute atomic E-state index is 0.292. The van der Waals surface area contributed by atoms with E-state index < -0.39 is 0 Å². The molecular formula is C24H24N4O2S. The van der Waals surface area contributed by atoms with Crippen molar-refractivity contribution in [3.05, 3.63) is 74.7 Å². The maximum absolute atomic E-state index is 13.0. The van der Waals surface area contributed by atoms with Crippen molar-refractivity contribution >= 4 is 33.6 Å². The number of aryl methyl sites for hydroxylation is 1. The summed E-state index contributed by atoms with van der Waals surface area (Å²) in [5.74, 6) is 1.73. The van der Waals surface area contributed by atoms with E-state index in [0.29, 0.717) is 27.7 Å². The number of rotatable bonds is 4. The molecule has 0 N–H and O–H groups in total. The van der Waals surface area contributed by atoms with Crippen LogP contribution in [0.5, 0.6) is 0 Å². The number of aromatic nitrogens is 4. The average Bonchev–Trinajstić information content (AvgIpc) is 3.34. The standard InChI is InChI=1S/C24H24N4O2S/c1-27-21-19(23(29)28(2)24(27)30)22(26-20(25-21)16-9-3-4-10-16)31-14-17-12-7-11-15-8-5-6-13-18(15)17/h5-8,11-13,16H,3-4,9-10,14H2,1-2H3. The van der Waals surface area contributed by atoms with Gasteiger partial charge in [0.25, 0.3) is 5.56 Å². The number of fused-ring (bicyclic) bond motifs is 2. The number of nitrogens with zero attached hydrogens (tertiary/aromatic N) is 4. The lowest BCUT2D eigenvalue weighted by molar-refractivity contribution is 0.648. The van der Waals surface area contributed by atoms with Crippen LogP contribution in [0.1, 0.15) is 43.0 Å². The van der Waals surface area contributed by atoms with Gasteiger partial charge in [-0.1, -0.05) is 55.3 Å². The molecule has 7 heteroatoms. The number of hydrogen-bond acceptors (Lipinski definition) is 5. The van der Waals surface area contributed by atoms with Crippen molar-refractivity contribution in [2.24, 2.45) is 14.1 Å². The fourth-order valence-corrected chi connectivity index (χ4v) is 5.51. The molecule has 0 atom stereocenters. The van der Waals surface area contributed by atoms with Crippen LogP contribution in [0.3, 0.4) is 0 Å². The molecule has 31 heavy (non-hydrogen) atoms. The Morgan fingerprint density at radius 3 is 2.52 bits per heavy atom. The highest BCUT2D eigenvalue weighted by molar-refractivity contribution is 7.98. The first kappa shape index (κ1) is 20.0. The van der Waals surface area contributed by atoms with E-state index in [4.69, 9.17) is 9.97 Å². The zero-order valence-electron chi connectivity index (χ0n) is 17.7. The molecule has 0 unspecified atom stereocenters. The van der Waals surface area contributed by atoms with Crippen molar-refractivity contribution in [3.63, 3.8) is 0 Å². The Morgan fingerprint density at radius 2 is 1.71 bits per heavy atom. The summed E-state index contributed by atoms with van der Waals surface area (Å²) in [4.78, 5) is 35.2. The molecule has 0 spiro atoms. The fraction of sp³-hybridized carbons (Fsp3) is 0.333. The summed E-state index contributed by atoms with van der Waals surface area (Å²) in [6.45, 7) is 0. The zero-order chi connectivity index (χ0) is 21.5. The summed E-state index contributed by atoms with van der Waals surface area (Å²) >= 11 is 1.55. The topological polar surface area (TPSA) is 69.8 Å². The molecule has 0 radical (unpaired) electrons. The van der Waals surface area contributed by atoms with Gasteiger partial charge in [-0.25, -0.2) is 14.8 Å². The van der Waals surface area contributed by atoms with E-state index in [2.05, 4.69) is 30.3 Å². The van der Waals surface area contributed by atoms with Crippen LogP contribution in [-0.4, -0.2) is 19.1 Å². The predicted octanol–water partition coefficient (Wildman–Crippen LogP) is 4.13. The molecule has 0 bridgehead atoms. The molecule has 1 aliphatic carbocycles. The van der Waals surface area contributed by atoms with Crippen LogP contribution >= 0.6 is 11.8 Å². The molecule has 0 saturated heterocycles. The maximum atomic E-state index is 13.0. The lowest BCUT2D eigenvalue weighted by Gasteiger charge is -2.15. The third-order valence-corrected chi connectivity index (χ3v) is 7.27. The van der Waals surface area contributed by atoms with Gasteiger partial charge in [-0.05, 0) is 29.2 Å². The van der Waals surface area contributed by atoms with E-state index >= 15 is 0 Å². The van der Waals surface area contributed by atoms with Crippen LogP contribution in [0, 0.1) is 0 Å². The molecular weight excluding hydrogens is 408 g/mol. The van der Waals surface area contributed by atoms with Gasteiger partial charge >= 0.3 is 5.69 Å². The number of thioether (sulfide) groups is 1. The molecule has 2 aromatic carbocycles. The number of hydrogen-bond donors (Lipinski definition) is 0. The summed E-state index contributed by atoms with van der Waals surface area (Å²) in [7, 11) is 3.18.